The Morgan fingerprint density at radius 1 is 1.25 bits per heavy atom. The summed E-state index contributed by atoms with van der Waals surface area (Å²) >= 11 is 1.33. The van der Waals surface area contributed by atoms with Gasteiger partial charge in [-0.25, -0.2) is 8.42 Å². The maximum absolute atomic E-state index is 12.5. The van der Waals surface area contributed by atoms with Gasteiger partial charge in [-0.2, -0.15) is 4.31 Å². The number of nitrogens with two attached hydrogens (primary N) is 1. The topological polar surface area (TPSA) is 66.6 Å². The zero-order valence-electron chi connectivity index (χ0n) is 12.5. The first kappa shape index (κ1) is 17.6. The Hall–Kier alpha value is -0.470. The van der Waals surface area contributed by atoms with Gasteiger partial charge in [0.15, 0.2) is 0 Å². The standard InChI is InChI=1S/C13H25N3O2S2/c1-4-16(11-5-10-15(2)3)20(17,18)13-7-6-12(19-13)8-9-14/h6-7H,4-5,8-11,14H2,1-3H3. The van der Waals surface area contributed by atoms with Crippen LogP contribution in [-0.4, -0.2) is 57.9 Å². The highest BCUT2D eigenvalue weighted by molar-refractivity contribution is 7.91. The Morgan fingerprint density at radius 2 is 1.95 bits per heavy atom. The Morgan fingerprint density at radius 3 is 2.50 bits per heavy atom. The lowest BCUT2D eigenvalue weighted by atomic mass is 10.3. The second kappa shape index (κ2) is 8.09. The van der Waals surface area contributed by atoms with Crippen molar-refractivity contribution in [3.05, 3.63) is 17.0 Å². The van der Waals surface area contributed by atoms with Gasteiger partial charge in [0.25, 0.3) is 10.0 Å². The van der Waals surface area contributed by atoms with E-state index in [0.717, 1.165) is 24.3 Å². The molecule has 1 aromatic heterocycles. The Labute approximate surface area is 126 Å². The van der Waals surface area contributed by atoms with Gasteiger partial charge in [-0.1, -0.05) is 6.92 Å². The van der Waals surface area contributed by atoms with Crippen LogP contribution in [0.3, 0.4) is 0 Å². The van der Waals surface area contributed by atoms with Crippen LogP contribution in [0.2, 0.25) is 0 Å². The number of thiophene rings is 1. The highest BCUT2D eigenvalue weighted by atomic mass is 32.2. The van der Waals surface area contributed by atoms with Crippen molar-refractivity contribution in [2.45, 2.75) is 24.0 Å². The molecule has 0 unspecified atom stereocenters. The fraction of sp³-hybridized carbons (Fsp3) is 0.692. The van der Waals surface area contributed by atoms with Crippen molar-refractivity contribution in [1.82, 2.24) is 9.21 Å². The van der Waals surface area contributed by atoms with Gasteiger partial charge in [0.05, 0.1) is 0 Å². The summed E-state index contributed by atoms with van der Waals surface area (Å²) in [4.78, 5) is 3.08. The van der Waals surface area contributed by atoms with E-state index in [1.165, 1.54) is 11.3 Å². The zero-order valence-corrected chi connectivity index (χ0v) is 14.1. The second-order valence-electron chi connectivity index (χ2n) is 4.91. The molecule has 0 radical (unpaired) electrons. The van der Waals surface area contributed by atoms with E-state index >= 15 is 0 Å². The maximum Gasteiger partial charge on any atom is 0.252 e. The van der Waals surface area contributed by atoms with E-state index in [1.54, 1.807) is 10.4 Å². The van der Waals surface area contributed by atoms with Crippen molar-refractivity contribution < 1.29 is 8.42 Å². The fourth-order valence-electron chi connectivity index (χ4n) is 1.91. The molecule has 0 saturated carbocycles. The first-order valence-electron chi connectivity index (χ1n) is 6.85. The molecule has 0 aliphatic rings. The molecule has 2 N–H and O–H groups in total. The molecule has 0 fully saturated rings. The minimum absolute atomic E-state index is 0.424. The number of hydrogen-bond acceptors (Lipinski definition) is 5. The molecule has 0 bridgehead atoms. The van der Waals surface area contributed by atoms with Gasteiger partial charge in [0.2, 0.25) is 0 Å². The van der Waals surface area contributed by atoms with E-state index < -0.39 is 10.0 Å². The molecular weight excluding hydrogens is 294 g/mol. The highest BCUT2D eigenvalue weighted by Crippen LogP contribution is 2.25. The Bertz CT molecular complexity index is 497. The predicted molar refractivity (Wildman–Crippen MR) is 84.7 cm³/mol. The maximum atomic E-state index is 12.5. The van der Waals surface area contributed by atoms with E-state index in [4.69, 9.17) is 5.73 Å². The average molecular weight is 319 g/mol. The fourth-order valence-corrected chi connectivity index (χ4v) is 4.93. The van der Waals surface area contributed by atoms with Crippen LogP contribution < -0.4 is 5.73 Å². The van der Waals surface area contributed by atoms with Crippen molar-refractivity contribution in [3.8, 4) is 0 Å². The number of hydrogen-bond donors (Lipinski definition) is 1. The van der Waals surface area contributed by atoms with Crippen LogP contribution in [0.25, 0.3) is 0 Å². The average Bonchev–Trinajstić information content (AvgIpc) is 2.84. The number of rotatable bonds is 9. The van der Waals surface area contributed by atoms with Crippen LogP contribution in [-0.2, 0) is 16.4 Å². The molecule has 20 heavy (non-hydrogen) atoms. The van der Waals surface area contributed by atoms with Crippen LogP contribution in [0.5, 0.6) is 0 Å². The van der Waals surface area contributed by atoms with Crippen molar-refractivity contribution >= 4 is 21.4 Å². The monoisotopic (exact) mass is 319 g/mol. The molecule has 0 amide bonds. The van der Waals surface area contributed by atoms with Gasteiger partial charge >= 0.3 is 0 Å². The molecule has 5 nitrogen and oxygen atoms in total. The third-order valence-electron chi connectivity index (χ3n) is 2.99. The summed E-state index contributed by atoms with van der Waals surface area (Å²) in [6.07, 6.45) is 1.56. The number of sulfonamides is 1. The van der Waals surface area contributed by atoms with Gasteiger partial charge in [-0.3, -0.25) is 0 Å². The Balaban J connectivity index is 2.77. The molecule has 0 spiro atoms. The van der Waals surface area contributed by atoms with Crippen molar-refractivity contribution in [2.24, 2.45) is 5.73 Å². The summed E-state index contributed by atoms with van der Waals surface area (Å²) in [7, 11) is 0.624. The summed E-state index contributed by atoms with van der Waals surface area (Å²) in [5, 5.41) is 0. The van der Waals surface area contributed by atoms with E-state index in [-0.39, 0.29) is 0 Å². The van der Waals surface area contributed by atoms with Crippen molar-refractivity contribution in [1.29, 1.82) is 0 Å². The SMILES string of the molecule is CCN(CCCN(C)C)S(=O)(=O)c1ccc(CCN)s1. The summed E-state index contributed by atoms with van der Waals surface area (Å²) < 4.78 is 27.1. The number of nitrogens with zero attached hydrogens (tertiary/aromatic N) is 2. The first-order valence-corrected chi connectivity index (χ1v) is 9.11. The second-order valence-corrected chi connectivity index (χ2v) is 8.25. The minimum atomic E-state index is -3.35. The molecule has 0 atom stereocenters. The summed E-state index contributed by atoms with van der Waals surface area (Å²) in [6.45, 7) is 4.36. The van der Waals surface area contributed by atoms with Crippen LogP contribution >= 0.6 is 11.3 Å². The summed E-state index contributed by atoms with van der Waals surface area (Å²) in [5.74, 6) is 0. The summed E-state index contributed by atoms with van der Waals surface area (Å²) in [5.41, 5.74) is 5.50. The molecule has 0 aromatic carbocycles. The Kier molecular flexibility index (Phi) is 7.11. The molecule has 116 valence electrons. The van der Waals surface area contributed by atoms with Crippen molar-refractivity contribution in [3.63, 3.8) is 0 Å². The van der Waals surface area contributed by atoms with E-state index in [0.29, 0.717) is 23.8 Å². The minimum Gasteiger partial charge on any atom is -0.330 e. The van der Waals surface area contributed by atoms with Gasteiger partial charge in [0, 0.05) is 18.0 Å². The van der Waals surface area contributed by atoms with Gasteiger partial charge in [0.1, 0.15) is 4.21 Å². The van der Waals surface area contributed by atoms with E-state index in [1.807, 2.05) is 27.1 Å². The largest absolute Gasteiger partial charge is 0.330 e. The zero-order chi connectivity index (χ0) is 15.2. The molecule has 0 saturated heterocycles. The normalized spacial score (nSPS) is 12.5. The predicted octanol–water partition coefficient (Wildman–Crippen LogP) is 1.21. The molecule has 1 rings (SSSR count). The first-order chi connectivity index (χ1) is 9.41. The van der Waals surface area contributed by atoms with Gasteiger partial charge < -0.3 is 10.6 Å². The van der Waals surface area contributed by atoms with Crippen LogP contribution in [0.1, 0.15) is 18.2 Å². The van der Waals surface area contributed by atoms with E-state index in [9.17, 15) is 8.42 Å². The molecule has 1 heterocycles. The quantitative estimate of drug-likeness (QED) is 0.743. The lowest BCUT2D eigenvalue weighted by Gasteiger charge is -2.20. The summed E-state index contributed by atoms with van der Waals surface area (Å²) in [6, 6.07) is 3.55. The van der Waals surface area contributed by atoms with Gasteiger partial charge in [-0.05, 0) is 52.2 Å². The molecule has 0 aliphatic heterocycles. The van der Waals surface area contributed by atoms with E-state index in [2.05, 4.69) is 4.90 Å². The molecular formula is C13H25N3O2S2. The van der Waals surface area contributed by atoms with Crippen LogP contribution in [0.15, 0.2) is 16.3 Å². The van der Waals surface area contributed by atoms with Crippen LogP contribution in [0.4, 0.5) is 0 Å². The smallest absolute Gasteiger partial charge is 0.252 e. The lowest BCUT2D eigenvalue weighted by Crippen LogP contribution is -2.32. The third-order valence-corrected chi connectivity index (χ3v) is 6.57. The lowest BCUT2D eigenvalue weighted by molar-refractivity contribution is 0.356. The molecule has 1 aromatic rings. The third kappa shape index (κ3) is 4.82. The van der Waals surface area contributed by atoms with Gasteiger partial charge in [-0.15, -0.1) is 11.3 Å². The van der Waals surface area contributed by atoms with Crippen LogP contribution in [0, 0.1) is 0 Å². The van der Waals surface area contributed by atoms with Crippen molar-refractivity contribution in [2.75, 3.05) is 40.3 Å². The molecule has 0 aliphatic carbocycles. The highest BCUT2D eigenvalue weighted by Gasteiger charge is 2.24. The molecule has 7 heteroatoms.